The molecule has 0 radical (unpaired) electrons. The largest absolute Gasteiger partial charge is 0.383 e. The molecule has 1 aromatic heterocycles. The van der Waals surface area contributed by atoms with Gasteiger partial charge >= 0.3 is 6.03 Å². The lowest BCUT2D eigenvalue weighted by Gasteiger charge is -2.23. The highest BCUT2D eigenvalue weighted by atomic mass is 16.5. The van der Waals surface area contributed by atoms with Gasteiger partial charge in [0.25, 0.3) is 0 Å². The second-order valence-corrected chi connectivity index (χ2v) is 5.86. The van der Waals surface area contributed by atoms with Crippen LogP contribution in [0.25, 0.3) is 0 Å². The summed E-state index contributed by atoms with van der Waals surface area (Å²) in [4.78, 5) is 14.0. The highest BCUT2D eigenvalue weighted by molar-refractivity contribution is 5.74. The van der Waals surface area contributed by atoms with Gasteiger partial charge in [-0.2, -0.15) is 0 Å². The molecule has 2 rings (SSSR count). The molecule has 0 spiro atoms. The van der Waals surface area contributed by atoms with E-state index in [1.165, 1.54) is 11.1 Å². The molecule has 130 valence electrons. The molecule has 1 N–H and O–H groups in total. The summed E-state index contributed by atoms with van der Waals surface area (Å²) in [6.07, 6.45) is 2.06. The SMILES string of the molecule is CCNC(=O)N(CCOC)Cc1cccn1Cc1ccc(C)cc1. The number of ether oxygens (including phenoxy) is 1. The number of hydrogen-bond donors (Lipinski definition) is 1. The lowest BCUT2D eigenvalue weighted by atomic mass is 10.1. The Balaban J connectivity index is 2.08. The maximum absolute atomic E-state index is 12.2. The number of benzene rings is 1. The van der Waals surface area contributed by atoms with Crippen LogP contribution in [0.3, 0.4) is 0 Å². The van der Waals surface area contributed by atoms with E-state index < -0.39 is 0 Å². The van der Waals surface area contributed by atoms with Gasteiger partial charge in [0.2, 0.25) is 0 Å². The molecule has 5 heteroatoms. The summed E-state index contributed by atoms with van der Waals surface area (Å²) in [7, 11) is 1.65. The average Bonchev–Trinajstić information content (AvgIpc) is 3.00. The van der Waals surface area contributed by atoms with Crippen LogP contribution < -0.4 is 5.32 Å². The molecule has 2 amide bonds. The first-order chi connectivity index (χ1) is 11.6. The Morgan fingerprint density at radius 2 is 2.00 bits per heavy atom. The summed E-state index contributed by atoms with van der Waals surface area (Å²) < 4.78 is 7.31. The normalized spacial score (nSPS) is 10.6. The van der Waals surface area contributed by atoms with Crippen LogP contribution in [0.5, 0.6) is 0 Å². The Hall–Kier alpha value is -2.27. The molecule has 0 aliphatic rings. The molecule has 1 aromatic carbocycles. The van der Waals surface area contributed by atoms with Crippen molar-refractivity contribution in [1.29, 1.82) is 0 Å². The van der Waals surface area contributed by atoms with Crippen molar-refractivity contribution in [3.05, 3.63) is 59.4 Å². The summed E-state index contributed by atoms with van der Waals surface area (Å²) in [5.74, 6) is 0. The van der Waals surface area contributed by atoms with Crippen LogP contribution in [0.1, 0.15) is 23.7 Å². The Morgan fingerprint density at radius 1 is 1.25 bits per heavy atom. The molecule has 24 heavy (non-hydrogen) atoms. The number of carbonyl (C=O) groups is 1. The number of amides is 2. The van der Waals surface area contributed by atoms with Crippen LogP contribution in [-0.2, 0) is 17.8 Å². The highest BCUT2D eigenvalue weighted by Crippen LogP contribution is 2.11. The maximum Gasteiger partial charge on any atom is 0.317 e. The van der Waals surface area contributed by atoms with Crippen LogP contribution in [0.2, 0.25) is 0 Å². The van der Waals surface area contributed by atoms with Gasteiger partial charge < -0.3 is 19.5 Å². The lowest BCUT2D eigenvalue weighted by Crippen LogP contribution is -2.41. The molecule has 0 saturated heterocycles. The van der Waals surface area contributed by atoms with Crippen LogP contribution in [0.4, 0.5) is 4.79 Å². The Morgan fingerprint density at radius 3 is 2.67 bits per heavy atom. The van der Waals surface area contributed by atoms with Gasteiger partial charge in [-0.15, -0.1) is 0 Å². The second-order valence-electron chi connectivity index (χ2n) is 5.86. The average molecular weight is 329 g/mol. The summed E-state index contributed by atoms with van der Waals surface area (Å²) >= 11 is 0. The van der Waals surface area contributed by atoms with Gasteiger partial charge in [-0.1, -0.05) is 29.8 Å². The van der Waals surface area contributed by atoms with E-state index in [0.717, 1.165) is 12.2 Å². The molecule has 2 aromatic rings. The van der Waals surface area contributed by atoms with Gasteiger partial charge in [0.1, 0.15) is 0 Å². The standard InChI is InChI=1S/C19H27N3O2/c1-4-20-19(23)22(12-13-24-3)15-18-6-5-11-21(18)14-17-9-7-16(2)8-10-17/h5-11H,4,12-15H2,1-3H3,(H,20,23). The predicted octanol–water partition coefficient (Wildman–Crippen LogP) is 3.02. The van der Waals surface area contributed by atoms with E-state index in [9.17, 15) is 4.79 Å². The molecule has 0 atom stereocenters. The third-order valence-electron chi connectivity index (χ3n) is 3.93. The number of nitrogens with one attached hydrogen (secondary N) is 1. The second kappa shape index (κ2) is 9.13. The van der Waals surface area contributed by atoms with Crippen molar-refractivity contribution < 1.29 is 9.53 Å². The van der Waals surface area contributed by atoms with E-state index in [0.29, 0.717) is 26.2 Å². The maximum atomic E-state index is 12.2. The molecular formula is C19H27N3O2. The predicted molar refractivity (Wildman–Crippen MR) is 96.1 cm³/mol. The zero-order valence-electron chi connectivity index (χ0n) is 14.8. The topological polar surface area (TPSA) is 46.5 Å². The van der Waals surface area contributed by atoms with Gasteiger partial charge in [-0.05, 0) is 31.5 Å². The fraction of sp³-hybridized carbons (Fsp3) is 0.421. The Labute approximate surface area is 144 Å². The zero-order chi connectivity index (χ0) is 17.4. The number of urea groups is 1. The number of hydrogen-bond acceptors (Lipinski definition) is 2. The van der Waals surface area contributed by atoms with Crippen molar-refractivity contribution in [2.24, 2.45) is 0 Å². The quantitative estimate of drug-likeness (QED) is 0.809. The van der Waals surface area contributed by atoms with E-state index in [-0.39, 0.29) is 6.03 Å². The summed E-state index contributed by atoms with van der Waals surface area (Å²) in [6, 6.07) is 12.6. The van der Waals surface area contributed by atoms with Gasteiger partial charge in [0.15, 0.2) is 0 Å². The number of aromatic nitrogens is 1. The third-order valence-corrected chi connectivity index (χ3v) is 3.93. The highest BCUT2D eigenvalue weighted by Gasteiger charge is 2.14. The third kappa shape index (κ3) is 5.13. The number of aryl methyl sites for hydroxylation is 1. The minimum Gasteiger partial charge on any atom is -0.383 e. The van der Waals surface area contributed by atoms with Crippen LogP contribution in [0.15, 0.2) is 42.6 Å². The zero-order valence-corrected chi connectivity index (χ0v) is 14.8. The van der Waals surface area contributed by atoms with Gasteiger partial charge in [-0.25, -0.2) is 4.79 Å². The Bertz CT molecular complexity index is 634. The molecular weight excluding hydrogens is 302 g/mol. The molecule has 0 aliphatic carbocycles. The van der Waals surface area contributed by atoms with E-state index in [4.69, 9.17) is 4.74 Å². The molecule has 0 unspecified atom stereocenters. The summed E-state index contributed by atoms with van der Waals surface area (Å²) in [5.41, 5.74) is 3.62. The van der Waals surface area contributed by atoms with Gasteiger partial charge in [-0.3, -0.25) is 0 Å². The van der Waals surface area contributed by atoms with Crippen LogP contribution >= 0.6 is 0 Å². The van der Waals surface area contributed by atoms with Crippen molar-refractivity contribution in [3.63, 3.8) is 0 Å². The Kier molecular flexibility index (Phi) is 6.88. The monoisotopic (exact) mass is 329 g/mol. The number of nitrogens with zero attached hydrogens (tertiary/aromatic N) is 2. The fourth-order valence-corrected chi connectivity index (χ4v) is 2.55. The molecule has 0 saturated carbocycles. The van der Waals surface area contributed by atoms with Crippen molar-refractivity contribution in [2.75, 3.05) is 26.8 Å². The molecule has 0 bridgehead atoms. The molecule has 5 nitrogen and oxygen atoms in total. The van der Waals surface area contributed by atoms with E-state index >= 15 is 0 Å². The van der Waals surface area contributed by atoms with E-state index in [1.807, 2.05) is 13.0 Å². The van der Waals surface area contributed by atoms with E-state index in [2.05, 4.69) is 53.3 Å². The summed E-state index contributed by atoms with van der Waals surface area (Å²) in [6.45, 7) is 7.09. The van der Waals surface area contributed by atoms with Crippen LogP contribution in [0, 0.1) is 6.92 Å². The minimum absolute atomic E-state index is 0.0577. The first kappa shape index (κ1) is 18.1. The summed E-state index contributed by atoms with van der Waals surface area (Å²) in [5, 5.41) is 2.86. The molecule has 0 aliphatic heterocycles. The number of carbonyl (C=O) groups excluding carboxylic acids is 1. The smallest absolute Gasteiger partial charge is 0.317 e. The molecule has 0 fully saturated rings. The van der Waals surface area contributed by atoms with Crippen molar-refractivity contribution >= 4 is 6.03 Å². The van der Waals surface area contributed by atoms with Gasteiger partial charge in [0, 0.05) is 38.6 Å². The first-order valence-corrected chi connectivity index (χ1v) is 8.35. The van der Waals surface area contributed by atoms with E-state index in [1.54, 1.807) is 12.0 Å². The van der Waals surface area contributed by atoms with Crippen LogP contribution in [-0.4, -0.2) is 42.3 Å². The van der Waals surface area contributed by atoms with Gasteiger partial charge in [0.05, 0.1) is 13.2 Å². The fourth-order valence-electron chi connectivity index (χ4n) is 2.55. The van der Waals surface area contributed by atoms with Crippen molar-refractivity contribution in [3.8, 4) is 0 Å². The molecule has 1 heterocycles. The first-order valence-electron chi connectivity index (χ1n) is 8.35. The minimum atomic E-state index is -0.0577. The number of rotatable bonds is 8. The number of methoxy groups -OCH3 is 1. The van der Waals surface area contributed by atoms with Crippen molar-refractivity contribution in [2.45, 2.75) is 26.9 Å². The van der Waals surface area contributed by atoms with Crippen molar-refractivity contribution in [1.82, 2.24) is 14.8 Å². The lowest BCUT2D eigenvalue weighted by molar-refractivity contribution is 0.145.